The maximum atomic E-state index is 13.3. The van der Waals surface area contributed by atoms with Crippen LogP contribution >= 0.6 is 11.3 Å². The Labute approximate surface area is 165 Å². The molecular weight excluding hydrogens is 377 g/mol. The molecule has 1 aliphatic rings. The molecule has 0 spiro atoms. The molecule has 0 saturated carbocycles. The number of nitrogens with one attached hydrogen (secondary N) is 1. The third kappa shape index (κ3) is 3.07. The van der Waals surface area contributed by atoms with E-state index in [1.165, 1.54) is 40.5 Å². The molecule has 1 atom stereocenters. The van der Waals surface area contributed by atoms with Crippen molar-refractivity contribution in [2.45, 2.75) is 25.4 Å². The van der Waals surface area contributed by atoms with Gasteiger partial charge in [-0.2, -0.15) is 0 Å². The minimum atomic E-state index is -1.18. The zero-order valence-electron chi connectivity index (χ0n) is 15.2. The summed E-state index contributed by atoms with van der Waals surface area (Å²) < 4.78 is 13.3. The summed E-state index contributed by atoms with van der Waals surface area (Å²) in [4.78, 5) is 31.5. The number of urea groups is 1. The number of nitrogens with zero attached hydrogens (tertiary/aromatic N) is 2. The lowest BCUT2D eigenvalue weighted by atomic mass is 9.87. The van der Waals surface area contributed by atoms with Crippen molar-refractivity contribution in [3.63, 3.8) is 0 Å². The first-order valence-electron chi connectivity index (χ1n) is 8.93. The summed E-state index contributed by atoms with van der Waals surface area (Å²) in [7, 11) is 0. The van der Waals surface area contributed by atoms with Crippen molar-refractivity contribution in [3.8, 4) is 10.6 Å². The van der Waals surface area contributed by atoms with Crippen molar-refractivity contribution in [1.29, 1.82) is 0 Å². The molecule has 2 heterocycles. The van der Waals surface area contributed by atoms with E-state index < -0.39 is 11.6 Å². The minimum Gasteiger partial charge on any atom is -0.319 e. The molecule has 3 amide bonds. The average molecular weight is 395 g/mol. The Kier molecular flexibility index (Phi) is 4.68. The quantitative estimate of drug-likeness (QED) is 0.655. The van der Waals surface area contributed by atoms with Gasteiger partial charge in [0.25, 0.3) is 5.91 Å². The molecule has 4 rings (SSSR count). The zero-order chi connectivity index (χ0) is 19.7. The standard InChI is InChI=1S/C21H18FN3O2S/c1-2-21(15-8-10-16(22)11-9-15)19(26)25(20(27)24-21)12-17-13-28-18(23-17)14-6-4-3-5-7-14/h3-11,13H,2,12H2,1H3,(H,24,27)/t21-/m0/s1. The summed E-state index contributed by atoms with van der Waals surface area (Å²) >= 11 is 1.47. The molecule has 1 saturated heterocycles. The van der Waals surface area contributed by atoms with Crippen LogP contribution in [0.4, 0.5) is 9.18 Å². The summed E-state index contributed by atoms with van der Waals surface area (Å²) in [5.41, 5.74) is 1.03. The van der Waals surface area contributed by atoms with Gasteiger partial charge in [0.1, 0.15) is 16.4 Å². The Balaban J connectivity index is 1.59. The second kappa shape index (κ2) is 7.16. The number of halogens is 1. The first-order valence-corrected chi connectivity index (χ1v) is 9.81. The minimum absolute atomic E-state index is 0.0942. The Hall–Kier alpha value is -3.06. The predicted octanol–water partition coefficient (Wildman–Crippen LogP) is 4.31. The molecule has 0 bridgehead atoms. The lowest BCUT2D eigenvalue weighted by Crippen LogP contribution is -2.43. The summed E-state index contributed by atoms with van der Waals surface area (Å²) in [6.07, 6.45) is 0.367. The van der Waals surface area contributed by atoms with Crippen molar-refractivity contribution in [1.82, 2.24) is 15.2 Å². The van der Waals surface area contributed by atoms with Crippen LogP contribution in [0.1, 0.15) is 24.6 Å². The van der Waals surface area contributed by atoms with Crippen molar-refractivity contribution in [3.05, 3.63) is 77.1 Å². The number of benzene rings is 2. The number of aromatic nitrogens is 1. The van der Waals surface area contributed by atoms with Gasteiger partial charge in [0.05, 0.1) is 12.2 Å². The molecule has 142 valence electrons. The first kappa shape index (κ1) is 18.3. The number of hydrogen-bond donors (Lipinski definition) is 1. The molecule has 1 aromatic heterocycles. The highest BCUT2D eigenvalue weighted by atomic mass is 32.1. The van der Waals surface area contributed by atoms with E-state index in [0.717, 1.165) is 10.6 Å². The van der Waals surface area contributed by atoms with Crippen molar-refractivity contribution in [2.24, 2.45) is 0 Å². The SMILES string of the molecule is CC[C@@]1(c2ccc(F)cc2)NC(=O)N(Cc2csc(-c3ccccc3)n2)C1=O. The van der Waals surface area contributed by atoms with Gasteiger partial charge in [-0.05, 0) is 24.1 Å². The smallest absolute Gasteiger partial charge is 0.319 e. The number of thiazole rings is 1. The monoisotopic (exact) mass is 395 g/mol. The van der Waals surface area contributed by atoms with Gasteiger partial charge >= 0.3 is 6.03 Å². The van der Waals surface area contributed by atoms with Crippen LogP contribution in [-0.2, 0) is 16.9 Å². The van der Waals surface area contributed by atoms with Crippen LogP contribution in [0.2, 0.25) is 0 Å². The van der Waals surface area contributed by atoms with E-state index in [4.69, 9.17) is 0 Å². The molecule has 2 aromatic carbocycles. The number of carbonyl (C=O) groups excluding carboxylic acids is 2. The second-order valence-electron chi connectivity index (χ2n) is 6.60. The largest absolute Gasteiger partial charge is 0.325 e. The molecule has 1 N–H and O–H groups in total. The van der Waals surface area contributed by atoms with Gasteiger partial charge in [-0.1, -0.05) is 49.4 Å². The third-order valence-corrected chi connectivity index (χ3v) is 5.88. The number of hydrogen-bond acceptors (Lipinski definition) is 4. The van der Waals surface area contributed by atoms with Crippen LogP contribution in [0, 0.1) is 5.82 Å². The van der Waals surface area contributed by atoms with E-state index in [0.29, 0.717) is 17.7 Å². The summed E-state index contributed by atoms with van der Waals surface area (Å²) in [5.74, 6) is -0.736. The van der Waals surface area contributed by atoms with Gasteiger partial charge in [0, 0.05) is 10.9 Å². The normalized spacial score (nSPS) is 19.1. The number of rotatable bonds is 5. The predicted molar refractivity (Wildman–Crippen MR) is 105 cm³/mol. The highest BCUT2D eigenvalue weighted by molar-refractivity contribution is 7.13. The van der Waals surface area contributed by atoms with E-state index in [9.17, 15) is 14.0 Å². The van der Waals surface area contributed by atoms with Crippen molar-refractivity contribution >= 4 is 23.3 Å². The van der Waals surface area contributed by atoms with Gasteiger partial charge in [-0.3, -0.25) is 9.69 Å². The topological polar surface area (TPSA) is 62.3 Å². The van der Waals surface area contributed by atoms with Crippen LogP contribution in [0.5, 0.6) is 0 Å². The lowest BCUT2D eigenvalue weighted by molar-refractivity contribution is -0.132. The molecule has 7 heteroatoms. The molecule has 5 nitrogen and oxygen atoms in total. The zero-order valence-corrected chi connectivity index (χ0v) is 16.0. The maximum Gasteiger partial charge on any atom is 0.325 e. The van der Waals surface area contributed by atoms with E-state index in [2.05, 4.69) is 10.3 Å². The molecule has 1 aliphatic heterocycles. The highest BCUT2D eigenvalue weighted by Crippen LogP contribution is 2.34. The molecule has 0 radical (unpaired) electrons. The molecular formula is C21H18FN3O2S. The van der Waals surface area contributed by atoms with E-state index in [1.807, 2.05) is 42.6 Å². The molecule has 1 fully saturated rings. The van der Waals surface area contributed by atoms with E-state index in [1.54, 1.807) is 0 Å². The van der Waals surface area contributed by atoms with Gasteiger partial charge in [-0.15, -0.1) is 11.3 Å². The van der Waals surface area contributed by atoms with Gasteiger partial charge in [0.2, 0.25) is 0 Å². The third-order valence-electron chi connectivity index (χ3n) is 4.94. The molecule has 3 aromatic rings. The van der Waals surface area contributed by atoms with E-state index in [-0.39, 0.29) is 18.3 Å². The fourth-order valence-corrected chi connectivity index (χ4v) is 4.22. The van der Waals surface area contributed by atoms with Crippen LogP contribution in [0.3, 0.4) is 0 Å². The van der Waals surface area contributed by atoms with Crippen LogP contribution < -0.4 is 5.32 Å². The van der Waals surface area contributed by atoms with Gasteiger partial charge in [0.15, 0.2) is 0 Å². The fraction of sp³-hybridized carbons (Fsp3) is 0.190. The highest BCUT2D eigenvalue weighted by Gasteiger charge is 2.51. The number of carbonyl (C=O) groups is 2. The number of amides is 3. The Morgan fingerprint density at radius 1 is 1.11 bits per heavy atom. The average Bonchev–Trinajstić information content (AvgIpc) is 3.28. The van der Waals surface area contributed by atoms with Gasteiger partial charge < -0.3 is 5.32 Å². The van der Waals surface area contributed by atoms with Crippen LogP contribution in [0.25, 0.3) is 10.6 Å². The Morgan fingerprint density at radius 3 is 2.50 bits per heavy atom. The second-order valence-corrected chi connectivity index (χ2v) is 7.46. The Morgan fingerprint density at radius 2 is 1.82 bits per heavy atom. The summed E-state index contributed by atoms with van der Waals surface area (Å²) in [6.45, 7) is 1.92. The van der Waals surface area contributed by atoms with Crippen LogP contribution in [0.15, 0.2) is 60.0 Å². The van der Waals surface area contributed by atoms with Crippen molar-refractivity contribution < 1.29 is 14.0 Å². The molecule has 28 heavy (non-hydrogen) atoms. The molecule has 0 unspecified atom stereocenters. The number of imide groups is 1. The lowest BCUT2D eigenvalue weighted by Gasteiger charge is -2.25. The fourth-order valence-electron chi connectivity index (χ4n) is 3.40. The molecule has 0 aliphatic carbocycles. The van der Waals surface area contributed by atoms with Crippen LogP contribution in [-0.4, -0.2) is 21.8 Å². The van der Waals surface area contributed by atoms with Crippen molar-refractivity contribution in [2.75, 3.05) is 0 Å². The summed E-state index contributed by atoms with van der Waals surface area (Å²) in [6, 6.07) is 14.9. The maximum absolute atomic E-state index is 13.3. The van der Waals surface area contributed by atoms with E-state index >= 15 is 0 Å². The summed E-state index contributed by atoms with van der Waals surface area (Å²) in [5, 5.41) is 5.49. The first-order chi connectivity index (χ1) is 13.5. The Bertz CT molecular complexity index is 1020. The van der Waals surface area contributed by atoms with Gasteiger partial charge in [-0.25, -0.2) is 14.2 Å².